The molecule has 3 N–H and O–H groups in total. The standard InChI is InChI=1S/C14H19N3O2S/c15-13(20)11-4-5-12(17-8-11)14(18)16-6-1-7-19-9-10-2-3-10/h4-5,8,10H,1-3,6-7,9H2,(H2,15,20)(H,16,18). The number of hydrogen-bond donors (Lipinski definition) is 2. The molecule has 1 saturated carbocycles. The highest BCUT2D eigenvalue weighted by molar-refractivity contribution is 7.80. The highest BCUT2D eigenvalue weighted by atomic mass is 32.1. The van der Waals surface area contributed by atoms with Gasteiger partial charge in [0.1, 0.15) is 10.7 Å². The monoisotopic (exact) mass is 293 g/mol. The summed E-state index contributed by atoms with van der Waals surface area (Å²) in [6.45, 7) is 2.13. The molecule has 1 heterocycles. The summed E-state index contributed by atoms with van der Waals surface area (Å²) in [6.07, 6.45) is 4.91. The van der Waals surface area contributed by atoms with Crippen LogP contribution < -0.4 is 11.1 Å². The first kappa shape index (κ1) is 14.9. The summed E-state index contributed by atoms with van der Waals surface area (Å²) in [7, 11) is 0. The van der Waals surface area contributed by atoms with E-state index in [1.54, 1.807) is 12.1 Å². The molecule has 0 aromatic carbocycles. The molecule has 1 aliphatic carbocycles. The quantitative estimate of drug-likeness (QED) is 0.557. The molecule has 0 saturated heterocycles. The molecule has 6 heteroatoms. The van der Waals surface area contributed by atoms with Crippen LogP contribution in [0.2, 0.25) is 0 Å². The van der Waals surface area contributed by atoms with E-state index in [0.29, 0.717) is 24.4 Å². The van der Waals surface area contributed by atoms with Crippen LogP contribution in [-0.4, -0.2) is 35.6 Å². The second-order valence-electron chi connectivity index (χ2n) is 4.92. The van der Waals surface area contributed by atoms with Crippen LogP contribution >= 0.6 is 12.2 Å². The van der Waals surface area contributed by atoms with Crippen LogP contribution in [0.1, 0.15) is 35.3 Å². The summed E-state index contributed by atoms with van der Waals surface area (Å²) in [6, 6.07) is 3.32. The van der Waals surface area contributed by atoms with E-state index >= 15 is 0 Å². The SMILES string of the molecule is NC(=S)c1ccc(C(=O)NCCCOCC2CC2)nc1. The van der Waals surface area contributed by atoms with Crippen molar-refractivity contribution in [1.29, 1.82) is 0 Å². The Hall–Kier alpha value is -1.53. The van der Waals surface area contributed by atoms with E-state index in [4.69, 9.17) is 22.7 Å². The van der Waals surface area contributed by atoms with Crippen molar-refractivity contribution < 1.29 is 9.53 Å². The van der Waals surface area contributed by atoms with E-state index in [0.717, 1.165) is 18.9 Å². The van der Waals surface area contributed by atoms with E-state index < -0.39 is 0 Å². The fourth-order valence-corrected chi connectivity index (χ4v) is 1.80. The van der Waals surface area contributed by atoms with Gasteiger partial charge in [-0.05, 0) is 37.3 Å². The van der Waals surface area contributed by atoms with E-state index in [-0.39, 0.29) is 10.9 Å². The molecule has 0 unspecified atom stereocenters. The minimum absolute atomic E-state index is 0.193. The molecule has 20 heavy (non-hydrogen) atoms. The number of rotatable bonds is 8. The molecule has 0 spiro atoms. The number of ether oxygens (including phenoxy) is 1. The number of carbonyl (C=O) groups excluding carboxylic acids is 1. The normalized spacial score (nSPS) is 14.0. The largest absolute Gasteiger partial charge is 0.389 e. The first-order valence-electron chi connectivity index (χ1n) is 6.78. The Balaban J connectivity index is 1.64. The molecule has 0 aliphatic heterocycles. The van der Waals surface area contributed by atoms with Gasteiger partial charge in [-0.3, -0.25) is 9.78 Å². The van der Waals surface area contributed by atoms with Crippen molar-refractivity contribution >= 4 is 23.1 Å². The molecule has 1 aliphatic rings. The molecule has 1 aromatic heterocycles. The smallest absolute Gasteiger partial charge is 0.269 e. The lowest BCUT2D eigenvalue weighted by Crippen LogP contribution is -2.26. The number of carbonyl (C=O) groups is 1. The Bertz CT molecular complexity index is 472. The van der Waals surface area contributed by atoms with Gasteiger partial charge in [0.15, 0.2) is 0 Å². The van der Waals surface area contributed by atoms with Crippen molar-refractivity contribution in [3.63, 3.8) is 0 Å². The Kier molecular flexibility index (Phi) is 5.43. The van der Waals surface area contributed by atoms with Crippen LogP contribution in [0.5, 0.6) is 0 Å². The average Bonchev–Trinajstić information content (AvgIpc) is 3.26. The van der Waals surface area contributed by atoms with E-state index in [2.05, 4.69) is 10.3 Å². The Labute approximate surface area is 123 Å². The third-order valence-electron chi connectivity index (χ3n) is 3.08. The number of nitrogens with two attached hydrogens (primary N) is 1. The maximum absolute atomic E-state index is 11.8. The Morgan fingerprint density at radius 1 is 1.50 bits per heavy atom. The van der Waals surface area contributed by atoms with Crippen LogP contribution in [0.25, 0.3) is 0 Å². The maximum atomic E-state index is 11.8. The van der Waals surface area contributed by atoms with Gasteiger partial charge in [-0.2, -0.15) is 0 Å². The minimum Gasteiger partial charge on any atom is -0.389 e. The Morgan fingerprint density at radius 3 is 2.90 bits per heavy atom. The van der Waals surface area contributed by atoms with Crippen molar-refractivity contribution in [2.24, 2.45) is 11.7 Å². The number of hydrogen-bond acceptors (Lipinski definition) is 4. The second-order valence-corrected chi connectivity index (χ2v) is 5.36. The summed E-state index contributed by atoms with van der Waals surface area (Å²) >= 11 is 4.83. The fourth-order valence-electron chi connectivity index (χ4n) is 1.68. The first-order chi connectivity index (χ1) is 9.66. The predicted octanol–water partition coefficient (Wildman–Crippen LogP) is 1.26. The molecular weight excluding hydrogens is 274 g/mol. The van der Waals surface area contributed by atoms with Crippen molar-refractivity contribution in [2.75, 3.05) is 19.8 Å². The van der Waals surface area contributed by atoms with E-state index in [9.17, 15) is 4.79 Å². The second kappa shape index (κ2) is 7.31. The lowest BCUT2D eigenvalue weighted by atomic mass is 10.2. The van der Waals surface area contributed by atoms with Gasteiger partial charge in [-0.15, -0.1) is 0 Å². The van der Waals surface area contributed by atoms with Gasteiger partial charge in [0.05, 0.1) is 0 Å². The molecule has 1 aromatic rings. The minimum atomic E-state index is -0.193. The van der Waals surface area contributed by atoms with Gasteiger partial charge >= 0.3 is 0 Å². The maximum Gasteiger partial charge on any atom is 0.269 e. The fraction of sp³-hybridized carbons (Fsp3) is 0.500. The predicted molar refractivity (Wildman–Crippen MR) is 80.6 cm³/mol. The molecule has 2 rings (SSSR count). The number of nitrogens with zero attached hydrogens (tertiary/aromatic N) is 1. The highest BCUT2D eigenvalue weighted by Gasteiger charge is 2.20. The van der Waals surface area contributed by atoms with E-state index in [1.807, 2.05) is 0 Å². The number of pyridine rings is 1. The summed E-state index contributed by atoms with van der Waals surface area (Å²) in [5.41, 5.74) is 6.49. The van der Waals surface area contributed by atoms with Gasteiger partial charge in [0, 0.05) is 31.5 Å². The lowest BCUT2D eigenvalue weighted by molar-refractivity contribution is 0.0932. The highest BCUT2D eigenvalue weighted by Crippen LogP contribution is 2.28. The van der Waals surface area contributed by atoms with Gasteiger partial charge < -0.3 is 15.8 Å². The molecule has 0 bridgehead atoms. The van der Waals surface area contributed by atoms with Crippen molar-refractivity contribution in [2.45, 2.75) is 19.3 Å². The summed E-state index contributed by atoms with van der Waals surface area (Å²) in [4.78, 5) is 16.1. The zero-order valence-electron chi connectivity index (χ0n) is 11.3. The van der Waals surface area contributed by atoms with Crippen LogP contribution in [0.4, 0.5) is 0 Å². The molecule has 1 fully saturated rings. The van der Waals surface area contributed by atoms with Crippen molar-refractivity contribution in [1.82, 2.24) is 10.3 Å². The van der Waals surface area contributed by atoms with Crippen LogP contribution in [0.3, 0.4) is 0 Å². The molecule has 0 atom stereocenters. The third-order valence-corrected chi connectivity index (χ3v) is 3.32. The van der Waals surface area contributed by atoms with E-state index in [1.165, 1.54) is 19.0 Å². The molecule has 5 nitrogen and oxygen atoms in total. The molecule has 1 amide bonds. The van der Waals surface area contributed by atoms with Gasteiger partial charge in [-0.1, -0.05) is 12.2 Å². The Morgan fingerprint density at radius 2 is 2.30 bits per heavy atom. The molecular formula is C14H19N3O2S. The number of nitrogens with one attached hydrogen (secondary N) is 1. The van der Waals surface area contributed by atoms with Crippen molar-refractivity contribution in [3.8, 4) is 0 Å². The molecule has 108 valence electrons. The van der Waals surface area contributed by atoms with Crippen molar-refractivity contribution in [3.05, 3.63) is 29.6 Å². The lowest BCUT2D eigenvalue weighted by Gasteiger charge is -2.06. The summed E-state index contributed by atoms with van der Waals surface area (Å²) < 4.78 is 5.49. The van der Waals surface area contributed by atoms with Crippen LogP contribution in [-0.2, 0) is 4.74 Å². The third kappa shape index (κ3) is 4.86. The van der Waals surface area contributed by atoms with Crippen LogP contribution in [0.15, 0.2) is 18.3 Å². The summed E-state index contributed by atoms with van der Waals surface area (Å²) in [5, 5.41) is 2.81. The zero-order chi connectivity index (χ0) is 14.4. The topological polar surface area (TPSA) is 77.2 Å². The van der Waals surface area contributed by atoms with Gasteiger partial charge in [0.25, 0.3) is 5.91 Å². The summed E-state index contributed by atoms with van der Waals surface area (Å²) in [5.74, 6) is 0.586. The molecule has 0 radical (unpaired) electrons. The number of amides is 1. The average molecular weight is 293 g/mol. The number of thiocarbonyl (C=S) groups is 1. The number of aromatic nitrogens is 1. The first-order valence-corrected chi connectivity index (χ1v) is 7.19. The van der Waals surface area contributed by atoms with Crippen LogP contribution in [0, 0.1) is 5.92 Å². The van der Waals surface area contributed by atoms with Gasteiger partial charge in [-0.25, -0.2) is 0 Å². The van der Waals surface area contributed by atoms with Gasteiger partial charge in [0.2, 0.25) is 0 Å². The zero-order valence-corrected chi connectivity index (χ0v) is 12.1.